The number of primary amides is 1. The lowest BCUT2D eigenvalue weighted by atomic mass is 9.95. The molecule has 19 heavy (non-hydrogen) atoms. The first-order valence-corrected chi connectivity index (χ1v) is 6.67. The highest BCUT2D eigenvalue weighted by molar-refractivity contribution is 5.64. The minimum atomic E-state index is -0.677. The third-order valence-corrected chi connectivity index (χ3v) is 3.89. The fourth-order valence-corrected chi connectivity index (χ4v) is 2.88. The summed E-state index contributed by atoms with van der Waals surface area (Å²) < 4.78 is 10.2. The van der Waals surface area contributed by atoms with Crippen LogP contribution < -0.4 is 10.5 Å². The van der Waals surface area contributed by atoms with Crippen molar-refractivity contribution in [3.63, 3.8) is 0 Å². The van der Waals surface area contributed by atoms with Gasteiger partial charge in [0.15, 0.2) is 0 Å². The molecule has 2 unspecified atom stereocenters. The van der Waals surface area contributed by atoms with E-state index in [9.17, 15) is 4.79 Å². The molecule has 4 nitrogen and oxygen atoms in total. The number of rotatable bonds is 4. The molecule has 1 aliphatic carbocycles. The Morgan fingerprint density at radius 1 is 1.42 bits per heavy atom. The average molecular weight is 263 g/mol. The van der Waals surface area contributed by atoms with Crippen LogP contribution in [0.5, 0.6) is 5.75 Å². The molecular weight excluding hydrogens is 242 g/mol. The van der Waals surface area contributed by atoms with Crippen molar-refractivity contribution in [1.29, 1.82) is 0 Å². The van der Waals surface area contributed by atoms with E-state index in [2.05, 4.69) is 19.1 Å². The van der Waals surface area contributed by atoms with Gasteiger partial charge in [-0.05, 0) is 55.2 Å². The maximum atomic E-state index is 10.6. The number of ether oxygens (including phenoxy) is 2. The first-order valence-electron chi connectivity index (χ1n) is 6.67. The lowest BCUT2D eigenvalue weighted by Gasteiger charge is -2.13. The number of benzene rings is 1. The molecule has 1 fully saturated rings. The van der Waals surface area contributed by atoms with Crippen LogP contribution in [0, 0.1) is 12.8 Å². The maximum Gasteiger partial charge on any atom is 0.404 e. The third-order valence-electron chi connectivity index (χ3n) is 3.89. The van der Waals surface area contributed by atoms with E-state index >= 15 is 0 Å². The van der Waals surface area contributed by atoms with E-state index in [1.165, 1.54) is 5.56 Å². The summed E-state index contributed by atoms with van der Waals surface area (Å²) in [7, 11) is 1.69. The van der Waals surface area contributed by atoms with Crippen molar-refractivity contribution < 1.29 is 14.3 Å². The highest BCUT2D eigenvalue weighted by Gasteiger charge is 2.26. The first-order chi connectivity index (χ1) is 9.10. The summed E-state index contributed by atoms with van der Waals surface area (Å²) in [6, 6.07) is 6.35. The van der Waals surface area contributed by atoms with Crippen LogP contribution in [0.1, 0.15) is 36.3 Å². The molecule has 0 radical (unpaired) electrons. The van der Waals surface area contributed by atoms with E-state index in [-0.39, 0.29) is 0 Å². The number of carbonyl (C=O) groups is 1. The van der Waals surface area contributed by atoms with Crippen molar-refractivity contribution in [1.82, 2.24) is 0 Å². The van der Waals surface area contributed by atoms with E-state index in [4.69, 9.17) is 15.2 Å². The molecule has 0 saturated heterocycles. The fourth-order valence-electron chi connectivity index (χ4n) is 2.88. The smallest absolute Gasteiger partial charge is 0.404 e. The molecule has 2 N–H and O–H groups in total. The molecule has 0 aliphatic heterocycles. The molecule has 0 aromatic heterocycles. The van der Waals surface area contributed by atoms with Gasteiger partial charge in [-0.15, -0.1) is 0 Å². The topological polar surface area (TPSA) is 61.6 Å². The zero-order valence-corrected chi connectivity index (χ0v) is 11.5. The minimum absolute atomic E-state index is 0.430. The van der Waals surface area contributed by atoms with Gasteiger partial charge >= 0.3 is 6.09 Å². The summed E-state index contributed by atoms with van der Waals surface area (Å²) >= 11 is 0. The lowest BCUT2D eigenvalue weighted by Crippen LogP contribution is -2.17. The molecule has 2 atom stereocenters. The van der Waals surface area contributed by atoms with Gasteiger partial charge in [0.25, 0.3) is 0 Å². The highest BCUT2D eigenvalue weighted by atomic mass is 16.5. The SMILES string of the molecule is COc1ccc(C2CCC(COC(N)=O)C2)cc1C. The second-order valence-corrected chi connectivity index (χ2v) is 5.24. The van der Waals surface area contributed by atoms with E-state index in [0.29, 0.717) is 18.4 Å². The maximum absolute atomic E-state index is 10.6. The van der Waals surface area contributed by atoms with Gasteiger partial charge in [-0.25, -0.2) is 4.79 Å². The average Bonchev–Trinajstić information content (AvgIpc) is 2.85. The molecule has 4 heteroatoms. The van der Waals surface area contributed by atoms with E-state index in [1.807, 2.05) is 6.07 Å². The first kappa shape index (κ1) is 13.7. The van der Waals surface area contributed by atoms with Gasteiger partial charge in [0.2, 0.25) is 0 Å². The molecule has 1 aromatic carbocycles. The van der Waals surface area contributed by atoms with Gasteiger partial charge in [-0.3, -0.25) is 0 Å². The predicted octanol–water partition coefficient (Wildman–Crippen LogP) is 2.98. The van der Waals surface area contributed by atoms with Crippen LogP contribution in [-0.2, 0) is 4.74 Å². The molecule has 1 aromatic rings. The van der Waals surface area contributed by atoms with E-state index in [0.717, 1.165) is 30.6 Å². The lowest BCUT2D eigenvalue weighted by molar-refractivity contribution is 0.137. The van der Waals surface area contributed by atoms with Gasteiger partial charge < -0.3 is 15.2 Å². The van der Waals surface area contributed by atoms with Crippen LogP contribution in [0.3, 0.4) is 0 Å². The Labute approximate surface area is 113 Å². The molecule has 0 bridgehead atoms. The van der Waals surface area contributed by atoms with Gasteiger partial charge in [0.05, 0.1) is 13.7 Å². The Bertz CT molecular complexity index is 459. The molecule has 104 valence electrons. The van der Waals surface area contributed by atoms with Crippen molar-refractivity contribution in [3.05, 3.63) is 29.3 Å². The monoisotopic (exact) mass is 263 g/mol. The van der Waals surface area contributed by atoms with E-state index < -0.39 is 6.09 Å². The molecule has 2 rings (SSSR count). The number of nitrogens with two attached hydrogens (primary N) is 1. The van der Waals surface area contributed by atoms with Gasteiger partial charge in [0.1, 0.15) is 5.75 Å². The van der Waals surface area contributed by atoms with Crippen LogP contribution in [0.2, 0.25) is 0 Å². The number of amides is 1. The quantitative estimate of drug-likeness (QED) is 0.908. The Hall–Kier alpha value is -1.71. The van der Waals surface area contributed by atoms with Gasteiger partial charge in [-0.1, -0.05) is 12.1 Å². The molecule has 0 heterocycles. The van der Waals surface area contributed by atoms with Crippen molar-refractivity contribution >= 4 is 6.09 Å². The summed E-state index contributed by atoms with van der Waals surface area (Å²) in [6.07, 6.45) is 2.60. The second kappa shape index (κ2) is 5.95. The predicted molar refractivity (Wildman–Crippen MR) is 73.3 cm³/mol. The Morgan fingerprint density at radius 2 is 2.21 bits per heavy atom. The summed E-state index contributed by atoms with van der Waals surface area (Å²) in [5.41, 5.74) is 7.50. The summed E-state index contributed by atoms with van der Waals surface area (Å²) in [5, 5.41) is 0. The summed E-state index contributed by atoms with van der Waals surface area (Å²) in [5.74, 6) is 1.90. The molecule has 1 saturated carbocycles. The molecule has 1 amide bonds. The number of methoxy groups -OCH3 is 1. The highest BCUT2D eigenvalue weighted by Crippen LogP contribution is 2.39. The summed E-state index contributed by atoms with van der Waals surface area (Å²) in [6.45, 7) is 2.51. The zero-order chi connectivity index (χ0) is 13.8. The number of carbonyl (C=O) groups excluding carboxylic acids is 1. The Balaban J connectivity index is 1.96. The van der Waals surface area contributed by atoms with Crippen LogP contribution >= 0.6 is 0 Å². The molecule has 0 spiro atoms. The number of hydrogen-bond donors (Lipinski definition) is 1. The second-order valence-electron chi connectivity index (χ2n) is 5.24. The standard InChI is InChI=1S/C15H21NO3/c1-10-7-12(5-6-14(10)18-2)13-4-3-11(8-13)9-19-15(16)17/h5-7,11,13H,3-4,8-9H2,1-2H3,(H2,16,17). The van der Waals surface area contributed by atoms with Crippen LogP contribution in [0.15, 0.2) is 18.2 Å². The third kappa shape index (κ3) is 3.40. The van der Waals surface area contributed by atoms with Gasteiger partial charge in [-0.2, -0.15) is 0 Å². The Morgan fingerprint density at radius 3 is 2.84 bits per heavy atom. The van der Waals surface area contributed by atoms with Crippen LogP contribution in [-0.4, -0.2) is 19.8 Å². The van der Waals surface area contributed by atoms with E-state index in [1.54, 1.807) is 7.11 Å². The Kier molecular flexibility index (Phi) is 4.30. The zero-order valence-electron chi connectivity index (χ0n) is 11.5. The largest absolute Gasteiger partial charge is 0.496 e. The summed E-state index contributed by atoms with van der Waals surface area (Å²) in [4.78, 5) is 10.6. The van der Waals surface area contributed by atoms with Crippen molar-refractivity contribution in [3.8, 4) is 5.75 Å². The molecule has 1 aliphatic rings. The van der Waals surface area contributed by atoms with Gasteiger partial charge in [0, 0.05) is 0 Å². The normalized spacial score (nSPS) is 22.2. The van der Waals surface area contributed by atoms with Crippen molar-refractivity contribution in [2.75, 3.05) is 13.7 Å². The minimum Gasteiger partial charge on any atom is -0.496 e. The number of aryl methyl sites for hydroxylation is 1. The van der Waals surface area contributed by atoms with Crippen LogP contribution in [0.25, 0.3) is 0 Å². The van der Waals surface area contributed by atoms with Crippen molar-refractivity contribution in [2.24, 2.45) is 11.7 Å². The van der Waals surface area contributed by atoms with Crippen LogP contribution in [0.4, 0.5) is 4.79 Å². The van der Waals surface area contributed by atoms with Crippen molar-refractivity contribution in [2.45, 2.75) is 32.1 Å². The molecular formula is C15H21NO3. The fraction of sp³-hybridized carbons (Fsp3) is 0.533. The number of hydrogen-bond acceptors (Lipinski definition) is 3.